The molecule has 0 unspecified atom stereocenters. The van der Waals surface area contributed by atoms with Crippen molar-refractivity contribution in [2.45, 2.75) is 45.6 Å². The molecule has 1 aromatic heterocycles. The summed E-state index contributed by atoms with van der Waals surface area (Å²) in [6, 6.07) is 8.96. The molecule has 0 bridgehead atoms. The van der Waals surface area contributed by atoms with Crippen LogP contribution >= 0.6 is 0 Å². The standard InChI is InChI=1S/C17H22N4/c1-12-7-13(2)9-15(8-12)21-17-10-16(18-11-19-17)20-14-5-3-4-6-14/h7-11,14H,3-6H2,1-2H3,(H2,18,19,20,21). The Morgan fingerprint density at radius 3 is 2.29 bits per heavy atom. The van der Waals surface area contributed by atoms with Crippen molar-refractivity contribution in [1.82, 2.24) is 9.97 Å². The molecule has 0 amide bonds. The van der Waals surface area contributed by atoms with Gasteiger partial charge in [-0.3, -0.25) is 0 Å². The molecule has 1 saturated carbocycles. The quantitative estimate of drug-likeness (QED) is 0.882. The number of aromatic nitrogens is 2. The van der Waals surface area contributed by atoms with Crippen molar-refractivity contribution in [3.8, 4) is 0 Å². The molecule has 1 heterocycles. The number of hydrogen-bond donors (Lipinski definition) is 2. The van der Waals surface area contributed by atoms with Crippen LogP contribution in [0.5, 0.6) is 0 Å². The fraction of sp³-hybridized carbons (Fsp3) is 0.412. The summed E-state index contributed by atoms with van der Waals surface area (Å²) < 4.78 is 0. The van der Waals surface area contributed by atoms with Gasteiger partial charge >= 0.3 is 0 Å². The lowest BCUT2D eigenvalue weighted by atomic mass is 10.1. The second kappa shape index (κ2) is 6.12. The first kappa shape index (κ1) is 13.9. The summed E-state index contributed by atoms with van der Waals surface area (Å²) in [4.78, 5) is 8.62. The molecule has 0 aliphatic heterocycles. The highest BCUT2D eigenvalue weighted by Crippen LogP contribution is 2.23. The van der Waals surface area contributed by atoms with E-state index in [-0.39, 0.29) is 0 Å². The van der Waals surface area contributed by atoms with E-state index in [0.29, 0.717) is 6.04 Å². The van der Waals surface area contributed by atoms with Crippen molar-refractivity contribution >= 4 is 17.3 Å². The summed E-state index contributed by atoms with van der Waals surface area (Å²) in [5.41, 5.74) is 3.56. The second-order valence-corrected chi connectivity index (χ2v) is 5.92. The number of aryl methyl sites for hydroxylation is 2. The maximum Gasteiger partial charge on any atom is 0.135 e. The van der Waals surface area contributed by atoms with E-state index in [2.05, 4.69) is 52.6 Å². The molecule has 2 aromatic rings. The lowest BCUT2D eigenvalue weighted by Crippen LogP contribution is -2.15. The number of nitrogens with zero attached hydrogens (tertiary/aromatic N) is 2. The summed E-state index contributed by atoms with van der Waals surface area (Å²) in [6.07, 6.45) is 6.73. The minimum atomic E-state index is 0.564. The highest BCUT2D eigenvalue weighted by Gasteiger charge is 2.15. The fourth-order valence-electron chi connectivity index (χ4n) is 2.98. The molecule has 4 heteroatoms. The maximum atomic E-state index is 4.32. The highest BCUT2D eigenvalue weighted by atomic mass is 15.1. The minimum Gasteiger partial charge on any atom is -0.367 e. The van der Waals surface area contributed by atoms with Gasteiger partial charge in [0.1, 0.15) is 18.0 Å². The molecule has 0 atom stereocenters. The Morgan fingerprint density at radius 2 is 1.57 bits per heavy atom. The zero-order valence-electron chi connectivity index (χ0n) is 12.7. The zero-order chi connectivity index (χ0) is 14.7. The van der Waals surface area contributed by atoms with E-state index in [0.717, 1.165) is 17.3 Å². The molecule has 1 aromatic carbocycles. The van der Waals surface area contributed by atoms with Gasteiger partial charge in [0.05, 0.1) is 0 Å². The van der Waals surface area contributed by atoms with Crippen LogP contribution in [-0.2, 0) is 0 Å². The first-order chi connectivity index (χ1) is 10.2. The number of anilines is 3. The predicted octanol–water partition coefficient (Wildman–Crippen LogP) is 4.19. The van der Waals surface area contributed by atoms with Gasteiger partial charge in [-0.2, -0.15) is 0 Å². The summed E-state index contributed by atoms with van der Waals surface area (Å²) in [6.45, 7) is 4.20. The predicted molar refractivity (Wildman–Crippen MR) is 87.1 cm³/mol. The van der Waals surface area contributed by atoms with Crippen LogP contribution in [0.15, 0.2) is 30.6 Å². The normalized spacial score (nSPS) is 15.1. The van der Waals surface area contributed by atoms with E-state index in [1.807, 2.05) is 6.07 Å². The van der Waals surface area contributed by atoms with Crippen molar-refractivity contribution in [3.05, 3.63) is 41.7 Å². The molecular formula is C17H22N4. The Bertz CT molecular complexity index is 598. The van der Waals surface area contributed by atoms with Crippen molar-refractivity contribution in [1.29, 1.82) is 0 Å². The van der Waals surface area contributed by atoms with Crippen molar-refractivity contribution in [2.24, 2.45) is 0 Å². The number of benzene rings is 1. The largest absolute Gasteiger partial charge is 0.367 e. The van der Waals surface area contributed by atoms with Crippen LogP contribution in [0.4, 0.5) is 17.3 Å². The Hall–Kier alpha value is -2.10. The highest BCUT2D eigenvalue weighted by molar-refractivity contribution is 5.60. The molecule has 110 valence electrons. The van der Waals surface area contributed by atoms with Crippen LogP contribution in [0.2, 0.25) is 0 Å². The van der Waals surface area contributed by atoms with E-state index < -0.39 is 0 Å². The van der Waals surface area contributed by atoms with Crippen molar-refractivity contribution < 1.29 is 0 Å². The second-order valence-electron chi connectivity index (χ2n) is 5.92. The molecule has 2 N–H and O–H groups in total. The Balaban J connectivity index is 1.73. The van der Waals surface area contributed by atoms with Crippen molar-refractivity contribution in [3.63, 3.8) is 0 Å². The van der Waals surface area contributed by atoms with Gasteiger partial charge in [0, 0.05) is 17.8 Å². The summed E-state index contributed by atoms with van der Waals surface area (Å²) in [5, 5.41) is 6.86. The molecule has 4 nitrogen and oxygen atoms in total. The van der Waals surface area contributed by atoms with E-state index in [4.69, 9.17) is 0 Å². The zero-order valence-corrected chi connectivity index (χ0v) is 12.7. The maximum absolute atomic E-state index is 4.32. The topological polar surface area (TPSA) is 49.8 Å². The smallest absolute Gasteiger partial charge is 0.135 e. The molecule has 0 radical (unpaired) electrons. The van der Waals surface area contributed by atoms with Gasteiger partial charge < -0.3 is 10.6 Å². The average molecular weight is 282 g/mol. The van der Waals surface area contributed by atoms with Gasteiger partial charge in [-0.1, -0.05) is 18.9 Å². The molecule has 0 saturated heterocycles. The molecule has 1 fully saturated rings. The average Bonchev–Trinajstić information content (AvgIpc) is 2.90. The van der Waals surface area contributed by atoms with E-state index in [9.17, 15) is 0 Å². The molecule has 1 aliphatic carbocycles. The Labute approximate surface area is 126 Å². The van der Waals surface area contributed by atoms with Gasteiger partial charge in [-0.05, 0) is 49.9 Å². The third kappa shape index (κ3) is 3.72. The van der Waals surface area contributed by atoms with Gasteiger partial charge in [-0.25, -0.2) is 9.97 Å². The molecular weight excluding hydrogens is 260 g/mol. The number of nitrogens with one attached hydrogen (secondary N) is 2. The van der Waals surface area contributed by atoms with Gasteiger partial charge in [0.15, 0.2) is 0 Å². The van der Waals surface area contributed by atoms with Gasteiger partial charge in [0.2, 0.25) is 0 Å². The lowest BCUT2D eigenvalue weighted by molar-refractivity contribution is 0.750. The van der Waals surface area contributed by atoms with Gasteiger partial charge in [0.25, 0.3) is 0 Å². The van der Waals surface area contributed by atoms with Crippen LogP contribution in [0.3, 0.4) is 0 Å². The van der Waals surface area contributed by atoms with E-state index in [1.54, 1.807) is 6.33 Å². The van der Waals surface area contributed by atoms with Crippen LogP contribution < -0.4 is 10.6 Å². The Morgan fingerprint density at radius 1 is 0.905 bits per heavy atom. The first-order valence-electron chi connectivity index (χ1n) is 7.63. The summed E-state index contributed by atoms with van der Waals surface area (Å²) in [5.74, 6) is 1.74. The number of hydrogen-bond acceptors (Lipinski definition) is 4. The SMILES string of the molecule is Cc1cc(C)cc(Nc2cc(NC3CCCC3)ncn2)c1. The summed E-state index contributed by atoms with van der Waals surface area (Å²) >= 11 is 0. The monoisotopic (exact) mass is 282 g/mol. The third-order valence-electron chi connectivity index (χ3n) is 3.87. The van der Waals surface area contributed by atoms with E-state index >= 15 is 0 Å². The number of rotatable bonds is 4. The fourth-order valence-corrected chi connectivity index (χ4v) is 2.98. The molecule has 21 heavy (non-hydrogen) atoms. The molecule has 3 rings (SSSR count). The van der Waals surface area contributed by atoms with Gasteiger partial charge in [-0.15, -0.1) is 0 Å². The minimum absolute atomic E-state index is 0.564. The van der Waals surface area contributed by atoms with Crippen molar-refractivity contribution in [2.75, 3.05) is 10.6 Å². The first-order valence-corrected chi connectivity index (χ1v) is 7.63. The van der Waals surface area contributed by atoms with Crippen LogP contribution in [0.25, 0.3) is 0 Å². The van der Waals surface area contributed by atoms with Crippen LogP contribution in [0.1, 0.15) is 36.8 Å². The molecule has 1 aliphatic rings. The third-order valence-corrected chi connectivity index (χ3v) is 3.87. The van der Waals surface area contributed by atoms with Crippen LogP contribution in [-0.4, -0.2) is 16.0 Å². The van der Waals surface area contributed by atoms with Crippen LogP contribution in [0, 0.1) is 13.8 Å². The summed E-state index contributed by atoms with van der Waals surface area (Å²) in [7, 11) is 0. The molecule has 0 spiro atoms. The Kier molecular flexibility index (Phi) is 4.04. The van der Waals surface area contributed by atoms with E-state index in [1.165, 1.54) is 36.8 Å². The lowest BCUT2D eigenvalue weighted by Gasteiger charge is -2.13.